The first-order chi connectivity index (χ1) is 20.2. The highest BCUT2D eigenvalue weighted by Gasteiger charge is 2.22. The first kappa shape index (κ1) is 33.0. The van der Waals surface area contributed by atoms with Gasteiger partial charge in [-0.3, -0.25) is 23.7 Å². The standard InChI is InChI=1S/C28H31ClN2O5.C4H9NO/c1-18-23(17-26(33)30-15-7-5-3-4-6-8-27(34)35)24-16-21(19(2)32)11-14-25(24)31(18)28(36)20-9-12-22(29)13-10-20;1-3-6-4-2-5-1/h9-14,16H,3-8,15,17H2,1-2H3,(H,30,33)(H,34,35);5H,1-4H2. The van der Waals surface area contributed by atoms with Gasteiger partial charge in [-0.2, -0.15) is 0 Å². The number of benzene rings is 2. The summed E-state index contributed by atoms with van der Waals surface area (Å²) in [6.45, 7) is 7.65. The number of carbonyl (C=O) groups is 4. The molecule has 0 atom stereocenters. The van der Waals surface area contributed by atoms with Crippen molar-refractivity contribution in [2.24, 2.45) is 0 Å². The molecule has 2 heterocycles. The topological polar surface area (TPSA) is 127 Å². The number of carbonyl (C=O) groups excluding carboxylic acids is 3. The molecule has 1 aliphatic heterocycles. The molecule has 1 fully saturated rings. The van der Waals surface area contributed by atoms with Crippen LogP contribution in [0.5, 0.6) is 0 Å². The molecule has 0 unspecified atom stereocenters. The lowest BCUT2D eigenvalue weighted by atomic mass is 10.0. The van der Waals surface area contributed by atoms with Crippen LogP contribution in [-0.4, -0.2) is 66.1 Å². The number of carboxylic acids is 1. The van der Waals surface area contributed by atoms with E-state index in [2.05, 4.69) is 10.6 Å². The monoisotopic (exact) mass is 597 g/mol. The molecule has 226 valence electrons. The Morgan fingerprint density at radius 2 is 1.60 bits per heavy atom. The van der Waals surface area contributed by atoms with Crippen molar-refractivity contribution in [3.8, 4) is 0 Å². The van der Waals surface area contributed by atoms with Crippen LogP contribution >= 0.6 is 11.6 Å². The van der Waals surface area contributed by atoms with E-state index in [1.54, 1.807) is 54.0 Å². The average Bonchev–Trinajstić information content (AvgIpc) is 3.25. The number of ether oxygens (including phenoxy) is 1. The van der Waals surface area contributed by atoms with E-state index < -0.39 is 5.97 Å². The van der Waals surface area contributed by atoms with Gasteiger partial charge in [0.1, 0.15) is 0 Å². The number of Topliss-reactive ketones (excluding diaryl/α,β-unsaturated/α-hetero) is 1. The third-order valence-corrected chi connectivity index (χ3v) is 7.36. The maximum atomic E-state index is 13.4. The van der Waals surface area contributed by atoms with Gasteiger partial charge in [0.05, 0.1) is 25.2 Å². The molecule has 0 spiro atoms. The Kier molecular flexibility index (Phi) is 13.2. The Labute approximate surface area is 251 Å². The highest BCUT2D eigenvalue weighted by molar-refractivity contribution is 6.30. The number of aliphatic carboxylic acids is 1. The zero-order valence-corrected chi connectivity index (χ0v) is 25.1. The third-order valence-electron chi connectivity index (χ3n) is 7.11. The van der Waals surface area contributed by atoms with Crippen molar-refractivity contribution in [1.29, 1.82) is 0 Å². The van der Waals surface area contributed by atoms with Gasteiger partial charge in [-0.15, -0.1) is 0 Å². The van der Waals surface area contributed by atoms with Gasteiger partial charge in [0.25, 0.3) is 5.91 Å². The quantitative estimate of drug-likeness (QED) is 0.194. The van der Waals surface area contributed by atoms with Gasteiger partial charge in [-0.05, 0) is 74.7 Å². The van der Waals surface area contributed by atoms with Gasteiger partial charge in [0.15, 0.2) is 5.78 Å². The summed E-state index contributed by atoms with van der Waals surface area (Å²) in [7, 11) is 0. The Balaban J connectivity index is 0.000000715. The summed E-state index contributed by atoms with van der Waals surface area (Å²) in [5.74, 6) is -1.26. The van der Waals surface area contributed by atoms with Gasteiger partial charge >= 0.3 is 5.97 Å². The summed E-state index contributed by atoms with van der Waals surface area (Å²) in [5.41, 5.74) is 2.99. The first-order valence-corrected chi connectivity index (χ1v) is 14.8. The average molecular weight is 598 g/mol. The molecule has 3 N–H and O–H groups in total. The number of fused-ring (bicyclic) bond motifs is 1. The number of nitrogens with one attached hydrogen (secondary N) is 2. The fourth-order valence-electron chi connectivity index (χ4n) is 4.81. The normalized spacial score (nSPS) is 12.8. The van der Waals surface area contributed by atoms with Crippen LogP contribution in [0.1, 0.15) is 77.4 Å². The van der Waals surface area contributed by atoms with Crippen LogP contribution in [-0.2, 0) is 20.7 Å². The van der Waals surface area contributed by atoms with Crippen molar-refractivity contribution in [3.05, 3.63) is 69.9 Å². The Morgan fingerprint density at radius 1 is 0.952 bits per heavy atom. The molecular formula is C32H40ClN3O6. The van der Waals surface area contributed by atoms with E-state index in [0.29, 0.717) is 51.3 Å². The lowest BCUT2D eigenvalue weighted by Gasteiger charge is -2.10. The minimum Gasteiger partial charge on any atom is -0.481 e. The summed E-state index contributed by atoms with van der Waals surface area (Å²) in [6, 6.07) is 11.8. The van der Waals surface area contributed by atoms with E-state index in [-0.39, 0.29) is 30.4 Å². The number of nitrogens with zero attached hydrogens (tertiary/aromatic N) is 1. The summed E-state index contributed by atoms with van der Waals surface area (Å²) < 4.78 is 6.59. The molecular weight excluding hydrogens is 558 g/mol. The number of aromatic nitrogens is 1. The molecule has 42 heavy (non-hydrogen) atoms. The SMILES string of the molecule is C1COCCN1.CC(=O)c1ccc2c(c1)c(CC(=O)NCCCCCCCC(=O)O)c(C)n2C(=O)c1ccc(Cl)cc1. The Hall–Kier alpha value is -3.53. The summed E-state index contributed by atoms with van der Waals surface area (Å²) in [6.07, 6.45) is 4.45. The molecule has 0 aliphatic carbocycles. The second-order valence-electron chi connectivity index (χ2n) is 10.3. The van der Waals surface area contributed by atoms with Crippen molar-refractivity contribution in [3.63, 3.8) is 0 Å². The molecule has 0 saturated carbocycles. The van der Waals surface area contributed by atoms with E-state index >= 15 is 0 Å². The van der Waals surface area contributed by atoms with Gasteiger partial charge < -0.3 is 20.5 Å². The number of unbranched alkanes of at least 4 members (excludes halogenated alkanes) is 4. The molecule has 0 bridgehead atoms. The first-order valence-electron chi connectivity index (χ1n) is 14.4. The molecule has 1 aliphatic rings. The van der Waals surface area contributed by atoms with Crippen molar-refractivity contribution < 1.29 is 29.0 Å². The number of ketones is 1. The van der Waals surface area contributed by atoms with E-state index in [1.807, 2.05) is 0 Å². The Bertz CT molecular complexity index is 1370. The lowest BCUT2D eigenvalue weighted by molar-refractivity contribution is -0.137. The molecule has 2 aromatic carbocycles. The van der Waals surface area contributed by atoms with E-state index in [4.69, 9.17) is 21.4 Å². The number of carboxylic acid groups (broad SMARTS) is 1. The van der Waals surface area contributed by atoms with Crippen LogP contribution in [0.4, 0.5) is 0 Å². The predicted octanol–water partition coefficient (Wildman–Crippen LogP) is 5.18. The van der Waals surface area contributed by atoms with E-state index in [1.165, 1.54) is 6.92 Å². The van der Waals surface area contributed by atoms with E-state index in [9.17, 15) is 19.2 Å². The molecule has 1 aromatic heterocycles. The van der Waals surface area contributed by atoms with Crippen LogP contribution in [0, 0.1) is 6.92 Å². The number of hydrogen-bond donors (Lipinski definition) is 3. The molecule has 1 amide bonds. The molecule has 0 radical (unpaired) electrons. The maximum Gasteiger partial charge on any atom is 0.303 e. The molecule has 1 saturated heterocycles. The van der Waals surface area contributed by atoms with Crippen molar-refractivity contribution >= 4 is 46.1 Å². The van der Waals surface area contributed by atoms with Crippen LogP contribution in [0.15, 0.2) is 42.5 Å². The molecule has 9 nitrogen and oxygen atoms in total. The molecule has 4 rings (SSSR count). The summed E-state index contributed by atoms with van der Waals surface area (Å²) >= 11 is 5.98. The van der Waals surface area contributed by atoms with Gasteiger partial charge in [-0.25, -0.2) is 0 Å². The maximum absolute atomic E-state index is 13.4. The number of morpholine rings is 1. The van der Waals surface area contributed by atoms with Crippen LogP contribution in [0.25, 0.3) is 10.9 Å². The fourth-order valence-corrected chi connectivity index (χ4v) is 4.93. The lowest BCUT2D eigenvalue weighted by Crippen LogP contribution is -2.30. The van der Waals surface area contributed by atoms with Gasteiger partial charge in [-0.1, -0.05) is 30.9 Å². The fraction of sp³-hybridized carbons (Fsp3) is 0.438. The van der Waals surface area contributed by atoms with Crippen LogP contribution in [0.2, 0.25) is 5.02 Å². The number of halogens is 1. The highest BCUT2D eigenvalue weighted by atomic mass is 35.5. The number of rotatable bonds is 12. The van der Waals surface area contributed by atoms with Crippen LogP contribution in [0.3, 0.4) is 0 Å². The van der Waals surface area contributed by atoms with Crippen LogP contribution < -0.4 is 10.6 Å². The van der Waals surface area contributed by atoms with Crippen molar-refractivity contribution in [1.82, 2.24) is 15.2 Å². The zero-order valence-electron chi connectivity index (χ0n) is 24.3. The highest BCUT2D eigenvalue weighted by Crippen LogP contribution is 2.29. The minimum absolute atomic E-state index is 0.0865. The number of hydrogen-bond acceptors (Lipinski definition) is 6. The van der Waals surface area contributed by atoms with Gasteiger partial charge in [0.2, 0.25) is 5.91 Å². The Morgan fingerprint density at radius 3 is 2.19 bits per heavy atom. The molecule has 3 aromatic rings. The van der Waals surface area contributed by atoms with E-state index in [0.717, 1.165) is 52.0 Å². The second-order valence-corrected chi connectivity index (χ2v) is 10.7. The largest absolute Gasteiger partial charge is 0.481 e. The second kappa shape index (κ2) is 16.8. The third kappa shape index (κ3) is 9.79. The predicted molar refractivity (Wildman–Crippen MR) is 164 cm³/mol. The van der Waals surface area contributed by atoms with Gasteiger partial charge in [0, 0.05) is 53.3 Å². The zero-order chi connectivity index (χ0) is 30.5. The summed E-state index contributed by atoms with van der Waals surface area (Å²) in [5, 5.41) is 16.0. The van der Waals surface area contributed by atoms with Crippen molar-refractivity contribution in [2.45, 2.75) is 58.8 Å². The minimum atomic E-state index is -0.774. The smallest absolute Gasteiger partial charge is 0.303 e. The molecule has 10 heteroatoms. The van der Waals surface area contributed by atoms with Crippen molar-refractivity contribution in [2.75, 3.05) is 32.8 Å². The summed E-state index contributed by atoms with van der Waals surface area (Å²) in [4.78, 5) is 48.7. The number of amides is 1.